The Labute approximate surface area is 250 Å². The van der Waals surface area contributed by atoms with Crippen LogP contribution in [0.3, 0.4) is 0 Å². The number of anilines is 3. The molecule has 0 radical (unpaired) electrons. The fraction of sp³-hybridized carbons (Fsp3) is 0.394. The first kappa shape index (κ1) is 27.5. The van der Waals surface area contributed by atoms with Crippen LogP contribution < -0.4 is 20.1 Å². The predicted molar refractivity (Wildman–Crippen MR) is 165 cm³/mol. The zero-order chi connectivity index (χ0) is 29.7. The number of fused-ring (bicyclic) bond motifs is 2. The summed E-state index contributed by atoms with van der Waals surface area (Å²) in [7, 11) is 5.02. The van der Waals surface area contributed by atoms with E-state index in [9.17, 15) is 4.79 Å². The van der Waals surface area contributed by atoms with Gasteiger partial charge in [-0.1, -0.05) is 0 Å². The van der Waals surface area contributed by atoms with Crippen molar-refractivity contribution in [3.63, 3.8) is 0 Å². The van der Waals surface area contributed by atoms with Gasteiger partial charge >= 0.3 is 0 Å². The zero-order valence-electron chi connectivity index (χ0n) is 24.8. The average Bonchev–Trinajstić information content (AvgIpc) is 3.51. The zero-order valence-corrected chi connectivity index (χ0v) is 24.8. The molecule has 2 N–H and O–H groups in total. The minimum Gasteiger partial charge on any atom is -0.497 e. The third kappa shape index (κ3) is 5.14. The van der Waals surface area contributed by atoms with Crippen LogP contribution in [0.15, 0.2) is 55.0 Å². The number of amides is 1. The summed E-state index contributed by atoms with van der Waals surface area (Å²) >= 11 is 0. The number of carbonyl (C=O) groups is 1. The molecule has 1 aliphatic heterocycles. The van der Waals surface area contributed by atoms with Crippen molar-refractivity contribution in [2.24, 2.45) is 17.8 Å². The molecular formula is C33H36N6O4. The first-order valence-electron chi connectivity index (χ1n) is 14.7. The van der Waals surface area contributed by atoms with Gasteiger partial charge in [-0.3, -0.25) is 14.7 Å². The molecule has 4 aromatic rings. The summed E-state index contributed by atoms with van der Waals surface area (Å²) < 4.78 is 16.4. The Morgan fingerprint density at radius 3 is 2.53 bits per heavy atom. The molecule has 7 rings (SSSR count). The number of benzene rings is 1. The van der Waals surface area contributed by atoms with Crippen LogP contribution in [-0.4, -0.2) is 72.3 Å². The van der Waals surface area contributed by atoms with E-state index >= 15 is 0 Å². The van der Waals surface area contributed by atoms with Gasteiger partial charge in [-0.05, 0) is 72.9 Å². The lowest BCUT2D eigenvalue weighted by Gasteiger charge is -2.43. The van der Waals surface area contributed by atoms with Crippen molar-refractivity contribution in [3.8, 4) is 22.8 Å². The molecule has 0 bridgehead atoms. The SMILES string of the molecule is COc1ccc(Nc2nc(-c3cnccc3C)cc3cc(NC(=O)[C@@H]4[C@@H]5C[C@@H](N6CC(OC)C6)C[C@@H]54)ncc23)c(OC)c1. The highest BCUT2D eigenvalue weighted by Crippen LogP contribution is 2.59. The van der Waals surface area contributed by atoms with Crippen LogP contribution in [-0.2, 0) is 9.53 Å². The van der Waals surface area contributed by atoms with Gasteiger partial charge in [0.05, 0.1) is 31.7 Å². The third-order valence-corrected chi connectivity index (χ3v) is 9.39. The Kier molecular flexibility index (Phi) is 7.10. The molecule has 43 heavy (non-hydrogen) atoms. The van der Waals surface area contributed by atoms with Gasteiger partial charge in [0.2, 0.25) is 5.91 Å². The number of hydrogen-bond acceptors (Lipinski definition) is 9. The second-order valence-corrected chi connectivity index (χ2v) is 11.8. The van der Waals surface area contributed by atoms with E-state index in [-0.39, 0.29) is 11.8 Å². The molecule has 10 heteroatoms. The molecule has 2 saturated carbocycles. The lowest BCUT2D eigenvalue weighted by molar-refractivity contribution is -0.118. The van der Waals surface area contributed by atoms with E-state index in [2.05, 4.69) is 25.5 Å². The summed E-state index contributed by atoms with van der Waals surface area (Å²) in [5.41, 5.74) is 3.49. The van der Waals surface area contributed by atoms with E-state index in [0.29, 0.717) is 47.1 Å². The number of aryl methyl sites for hydroxylation is 1. The van der Waals surface area contributed by atoms with Crippen molar-refractivity contribution in [1.29, 1.82) is 0 Å². The molecule has 4 atom stereocenters. The maximum Gasteiger partial charge on any atom is 0.229 e. The highest BCUT2D eigenvalue weighted by molar-refractivity contribution is 6.00. The monoisotopic (exact) mass is 580 g/mol. The van der Waals surface area contributed by atoms with Crippen LogP contribution >= 0.6 is 0 Å². The van der Waals surface area contributed by atoms with Crippen molar-refractivity contribution in [3.05, 3.63) is 60.6 Å². The quantitative estimate of drug-likeness (QED) is 0.281. The van der Waals surface area contributed by atoms with E-state index in [4.69, 9.17) is 19.2 Å². The maximum absolute atomic E-state index is 13.3. The molecule has 3 aromatic heterocycles. The predicted octanol–water partition coefficient (Wildman–Crippen LogP) is 5.05. The van der Waals surface area contributed by atoms with Gasteiger partial charge < -0.3 is 24.8 Å². The first-order chi connectivity index (χ1) is 20.9. The van der Waals surface area contributed by atoms with Crippen molar-refractivity contribution in [1.82, 2.24) is 19.9 Å². The molecule has 1 amide bonds. The number of pyridine rings is 3. The van der Waals surface area contributed by atoms with Gasteiger partial charge in [-0.25, -0.2) is 9.97 Å². The largest absolute Gasteiger partial charge is 0.497 e. The van der Waals surface area contributed by atoms with Crippen LogP contribution in [0.2, 0.25) is 0 Å². The Morgan fingerprint density at radius 2 is 1.81 bits per heavy atom. The van der Waals surface area contributed by atoms with Crippen LogP contribution in [0.4, 0.5) is 17.3 Å². The van der Waals surface area contributed by atoms with Crippen molar-refractivity contribution >= 4 is 34.0 Å². The van der Waals surface area contributed by atoms with Gasteiger partial charge in [-0.15, -0.1) is 0 Å². The van der Waals surface area contributed by atoms with Gasteiger partial charge in [0.15, 0.2) is 0 Å². The summed E-state index contributed by atoms with van der Waals surface area (Å²) in [6, 6.07) is 12.1. The standard InChI is InChI=1S/C33H36N6O4/c1-18-7-8-34-14-25(18)28-9-19-10-30(38-33(40)31-23-11-20(12-24(23)31)39-16-22(17-39)42-3)35-15-26(19)32(37-28)36-27-6-5-21(41-2)13-29(27)43-4/h5-10,13-15,20,22-24,31H,11-12,16-17H2,1-4H3,(H,36,37)(H,35,38,40)/t20-,23-,24+,31-. The van der Waals surface area contributed by atoms with Crippen molar-refractivity contribution in [2.75, 3.05) is 45.1 Å². The fourth-order valence-electron chi connectivity index (χ4n) is 6.84. The van der Waals surface area contributed by atoms with Crippen molar-refractivity contribution < 1.29 is 19.0 Å². The molecule has 0 unspecified atom stereocenters. The summed E-state index contributed by atoms with van der Waals surface area (Å²) in [4.78, 5) is 29.7. The molecule has 3 fully saturated rings. The molecule has 0 spiro atoms. The lowest BCUT2D eigenvalue weighted by atomic mass is 10.0. The summed E-state index contributed by atoms with van der Waals surface area (Å²) in [5, 5.41) is 8.27. The molecule has 4 heterocycles. The molecule has 1 aromatic carbocycles. The van der Waals surface area contributed by atoms with E-state index in [1.807, 2.05) is 49.5 Å². The highest BCUT2D eigenvalue weighted by Gasteiger charge is 2.60. The molecule has 3 aliphatic rings. The van der Waals surface area contributed by atoms with Crippen molar-refractivity contribution in [2.45, 2.75) is 31.9 Å². The minimum absolute atomic E-state index is 0.0670. The number of likely N-dealkylation sites (tertiary alicyclic amines) is 1. The Bertz CT molecular complexity index is 1680. The van der Waals surface area contributed by atoms with Gasteiger partial charge in [0, 0.05) is 67.8 Å². The van der Waals surface area contributed by atoms with Gasteiger partial charge in [0.25, 0.3) is 0 Å². The Hall–Kier alpha value is -4.28. The number of methoxy groups -OCH3 is 3. The first-order valence-corrected chi connectivity index (χ1v) is 14.7. The van der Waals surface area contributed by atoms with E-state index in [1.54, 1.807) is 33.7 Å². The fourth-order valence-corrected chi connectivity index (χ4v) is 6.84. The maximum atomic E-state index is 13.3. The number of nitrogens with zero attached hydrogens (tertiary/aromatic N) is 4. The number of rotatable bonds is 9. The van der Waals surface area contributed by atoms with Gasteiger partial charge in [0.1, 0.15) is 23.1 Å². The van der Waals surface area contributed by atoms with Crippen LogP contribution in [0, 0.1) is 24.7 Å². The lowest BCUT2D eigenvalue weighted by Crippen LogP contribution is -2.55. The third-order valence-electron chi connectivity index (χ3n) is 9.39. The van der Waals surface area contributed by atoms with Crippen LogP contribution in [0.25, 0.3) is 22.0 Å². The van der Waals surface area contributed by atoms with Crippen LogP contribution in [0.5, 0.6) is 11.5 Å². The number of nitrogens with one attached hydrogen (secondary N) is 2. The smallest absolute Gasteiger partial charge is 0.229 e. The molecule has 10 nitrogen and oxygen atoms in total. The second kappa shape index (κ2) is 11.1. The Balaban J connectivity index is 1.14. The number of ether oxygens (including phenoxy) is 3. The van der Waals surface area contributed by atoms with E-state index in [1.165, 1.54) is 0 Å². The summed E-state index contributed by atoms with van der Waals surface area (Å²) in [6.07, 6.45) is 7.90. The summed E-state index contributed by atoms with van der Waals surface area (Å²) in [6.45, 7) is 4.06. The average molecular weight is 581 g/mol. The van der Waals surface area contributed by atoms with E-state index < -0.39 is 0 Å². The molecular weight excluding hydrogens is 544 g/mol. The van der Waals surface area contributed by atoms with E-state index in [0.717, 1.165) is 59.2 Å². The topological polar surface area (TPSA) is 111 Å². The minimum atomic E-state index is 0.0670. The summed E-state index contributed by atoms with van der Waals surface area (Å²) in [5.74, 6) is 3.54. The number of carbonyl (C=O) groups excluding carboxylic acids is 1. The molecule has 1 saturated heterocycles. The molecule has 2 aliphatic carbocycles. The number of aromatic nitrogens is 3. The highest BCUT2D eigenvalue weighted by atomic mass is 16.5. The Morgan fingerprint density at radius 1 is 1.00 bits per heavy atom. The molecule has 222 valence electrons. The second-order valence-electron chi connectivity index (χ2n) is 11.8. The van der Waals surface area contributed by atoms with Crippen LogP contribution in [0.1, 0.15) is 18.4 Å². The normalized spacial score (nSPS) is 23.0. The van der Waals surface area contributed by atoms with Gasteiger partial charge in [-0.2, -0.15) is 0 Å². The number of hydrogen-bond donors (Lipinski definition) is 2.